The molecule has 0 unspecified atom stereocenters. The summed E-state index contributed by atoms with van der Waals surface area (Å²) in [6, 6.07) is 15.9. The second-order valence-corrected chi connectivity index (χ2v) is 9.48. The first-order chi connectivity index (χ1) is 20.9. The van der Waals surface area contributed by atoms with Crippen LogP contribution in [0.15, 0.2) is 71.8 Å². The fraction of sp³-hybridized carbons (Fsp3) is 0.219. The van der Waals surface area contributed by atoms with E-state index in [2.05, 4.69) is 15.0 Å². The molecular weight excluding hydrogens is 588 g/mol. The smallest absolute Gasteiger partial charge is 0.355 e. The molecule has 0 fully saturated rings. The van der Waals surface area contributed by atoms with Crippen molar-refractivity contribution in [1.29, 1.82) is 0 Å². The lowest BCUT2D eigenvalue weighted by Crippen LogP contribution is -2.29. The van der Waals surface area contributed by atoms with Gasteiger partial charge in [0.25, 0.3) is 5.56 Å². The molecule has 0 saturated heterocycles. The van der Waals surface area contributed by atoms with Gasteiger partial charge in [-0.15, -0.1) is 12.4 Å². The summed E-state index contributed by atoms with van der Waals surface area (Å²) >= 11 is 0. The van der Waals surface area contributed by atoms with Crippen LogP contribution in [0.3, 0.4) is 0 Å². The number of hydrogen-bond donors (Lipinski definition) is 0. The number of esters is 1. The van der Waals surface area contributed by atoms with Crippen molar-refractivity contribution in [1.82, 2.24) is 19.5 Å². The molecule has 0 radical (unpaired) electrons. The number of ether oxygens (including phenoxy) is 5. The molecule has 4 heterocycles. The highest BCUT2D eigenvalue weighted by Gasteiger charge is 2.27. The number of carbonyl (C=O) groups excluding carboxylic acids is 1. The molecule has 0 aliphatic rings. The topological polar surface area (TPSA) is 124 Å². The van der Waals surface area contributed by atoms with E-state index in [1.54, 1.807) is 42.7 Å². The van der Waals surface area contributed by atoms with Crippen LogP contribution in [0.1, 0.15) is 27.4 Å². The maximum Gasteiger partial charge on any atom is 0.355 e. The molecule has 5 rings (SSSR count). The summed E-state index contributed by atoms with van der Waals surface area (Å²) in [5.74, 6) is 0.631. The second-order valence-electron chi connectivity index (χ2n) is 9.48. The molecule has 0 saturated carbocycles. The first-order valence-electron chi connectivity index (χ1n) is 13.3. The van der Waals surface area contributed by atoms with Gasteiger partial charge < -0.3 is 23.7 Å². The summed E-state index contributed by atoms with van der Waals surface area (Å²) in [5, 5.41) is 0.409. The number of aryl methyl sites for hydroxylation is 1. The lowest BCUT2D eigenvalue weighted by atomic mass is 9.97. The van der Waals surface area contributed by atoms with Crippen LogP contribution in [0, 0.1) is 6.92 Å². The molecule has 4 aromatic heterocycles. The van der Waals surface area contributed by atoms with Gasteiger partial charge in [0.1, 0.15) is 17.8 Å². The summed E-state index contributed by atoms with van der Waals surface area (Å²) in [6.07, 6.45) is 3.32. The van der Waals surface area contributed by atoms with Crippen molar-refractivity contribution in [3.8, 4) is 34.3 Å². The lowest BCUT2D eigenvalue weighted by molar-refractivity contribution is 0.0588. The van der Waals surface area contributed by atoms with E-state index < -0.39 is 11.5 Å². The zero-order valence-corrected chi connectivity index (χ0v) is 25.6. The van der Waals surface area contributed by atoms with Gasteiger partial charge in [0, 0.05) is 35.1 Å². The number of carbonyl (C=O) groups is 1. The summed E-state index contributed by atoms with van der Waals surface area (Å²) in [5.41, 5.74) is 2.78. The van der Waals surface area contributed by atoms with Gasteiger partial charge in [-0.1, -0.05) is 6.07 Å². The maximum atomic E-state index is 14.2. The van der Waals surface area contributed by atoms with Crippen LogP contribution in [0.2, 0.25) is 0 Å². The molecule has 0 amide bonds. The summed E-state index contributed by atoms with van der Waals surface area (Å²) in [6.45, 7) is 2.06. The van der Waals surface area contributed by atoms with Gasteiger partial charge in [-0.3, -0.25) is 19.3 Å². The Kier molecular flexibility index (Phi) is 10.0. The number of nitrogens with zero attached hydrogens (tertiary/aromatic N) is 4. The Morgan fingerprint density at radius 3 is 2.25 bits per heavy atom. The van der Waals surface area contributed by atoms with E-state index in [-0.39, 0.29) is 42.6 Å². The van der Waals surface area contributed by atoms with Crippen LogP contribution < -0.4 is 24.5 Å². The van der Waals surface area contributed by atoms with Gasteiger partial charge in [-0.2, -0.15) is 0 Å². The van der Waals surface area contributed by atoms with E-state index >= 15 is 0 Å². The van der Waals surface area contributed by atoms with Gasteiger partial charge in [-0.25, -0.2) is 9.78 Å². The minimum atomic E-state index is -0.705. The van der Waals surface area contributed by atoms with Crippen molar-refractivity contribution in [2.75, 3.05) is 28.4 Å². The second kappa shape index (κ2) is 13.9. The van der Waals surface area contributed by atoms with E-state index in [1.807, 2.05) is 31.2 Å². The first kappa shape index (κ1) is 31.8. The van der Waals surface area contributed by atoms with E-state index in [1.165, 1.54) is 33.0 Å². The average Bonchev–Trinajstić information content (AvgIpc) is 3.04. The fourth-order valence-electron chi connectivity index (χ4n) is 4.87. The molecule has 5 aromatic rings. The van der Waals surface area contributed by atoms with Crippen molar-refractivity contribution in [2.24, 2.45) is 0 Å². The monoisotopic (exact) mass is 618 g/mol. The van der Waals surface area contributed by atoms with Crippen LogP contribution in [0.25, 0.3) is 22.0 Å². The summed E-state index contributed by atoms with van der Waals surface area (Å²) < 4.78 is 29.2. The highest BCUT2D eigenvalue weighted by Crippen LogP contribution is 2.43. The number of hydrogen-bond acceptors (Lipinski definition) is 10. The molecule has 228 valence electrons. The molecule has 0 spiro atoms. The largest absolute Gasteiger partial charge is 0.493 e. The van der Waals surface area contributed by atoms with Crippen LogP contribution in [-0.4, -0.2) is 53.9 Å². The van der Waals surface area contributed by atoms with Gasteiger partial charge in [0.2, 0.25) is 11.6 Å². The van der Waals surface area contributed by atoms with Gasteiger partial charge in [-0.05, 0) is 60.5 Å². The molecule has 0 N–H and O–H groups in total. The maximum absolute atomic E-state index is 14.2. The van der Waals surface area contributed by atoms with Crippen molar-refractivity contribution in [3.63, 3.8) is 0 Å². The van der Waals surface area contributed by atoms with Crippen LogP contribution in [0.5, 0.6) is 23.1 Å². The van der Waals surface area contributed by atoms with Crippen LogP contribution in [-0.2, 0) is 17.9 Å². The number of pyridine rings is 4. The highest BCUT2D eigenvalue weighted by molar-refractivity contribution is 6.06. The molecule has 1 aromatic carbocycles. The van der Waals surface area contributed by atoms with E-state index in [4.69, 9.17) is 23.7 Å². The molecule has 44 heavy (non-hydrogen) atoms. The molecule has 0 atom stereocenters. The molecule has 11 nitrogen and oxygen atoms in total. The van der Waals surface area contributed by atoms with Gasteiger partial charge >= 0.3 is 5.97 Å². The number of methoxy groups -OCH3 is 4. The Balaban J connectivity index is 0.00000442. The predicted molar refractivity (Wildman–Crippen MR) is 166 cm³/mol. The summed E-state index contributed by atoms with van der Waals surface area (Å²) in [7, 11) is 5.77. The Bertz CT molecular complexity index is 1840. The normalized spacial score (nSPS) is 10.6. The third-order valence-electron chi connectivity index (χ3n) is 6.82. The Labute approximate surface area is 259 Å². The Morgan fingerprint density at radius 2 is 1.64 bits per heavy atom. The molecule has 0 bridgehead atoms. The molecular formula is C32H31ClN4O7. The van der Waals surface area contributed by atoms with Gasteiger partial charge in [0.05, 0.1) is 40.7 Å². The van der Waals surface area contributed by atoms with E-state index in [9.17, 15) is 9.59 Å². The number of benzene rings is 1. The SMILES string of the molecule is COC(=O)c1c(-c2cc(OC)c(OC)c(OC)c2)c2ccc(OCc3ccccn3)nc2c(=O)n1Cc1ccnc(C)c1.Cl. The number of halogens is 1. The predicted octanol–water partition coefficient (Wildman–Crippen LogP) is 5.02. The quantitative estimate of drug-likeness (QED) is 0.197. The molecule has 0 aliphatic heterocycles. The van der Waals surface area contributed by atoms with Crippen molar-refractivity contribution in [3.05, 3.63) is 100.0 Å². The van der Waals surface area contributed by atoms with E-state index in [0.717, 1.165) is 11.3 Å². The minimum absolute atomic E-state index is 0. The number of aromatic nitrogens is 4. The molecule has 0 aliphatic carbocycles. The third kappa shape index (κ3) is 6.28. The van der Waals surface area contributed by atoms with Crippen molar-refractivity contribution in [2.45, 2.75) is 20.1 Å². The lowest BCUT2D eigenvalue weighted by Gasteiger charge is -2.20. The zero-order valence-electron chi connectivity index (χ0n) is 24.8. The highest BCUT2D eigenvalue weighted by atomic mass is 35.5. The molecule has 12 heteroatoms. The van der Waals surface area contributed by atoms with Crippen LogP contribution in [0.4, 0.5) is 0 Å². The Morgan fingerprint density at radius 1 is 0.886 bits per heavy atom. The number of rotatable bonds is 10. The van der Waals surface area contributed by atoms with Crippen molar-refractivity contribution < 1.29 is 28.5 Å². The first-order valence-corrected chi connectivity index (χ1v) is 13.3. The number of fused-ring (bicyclic) bond motifs is 1. The summed E-state index contributed by atoms with van der Waals surface area (Å²) in [4.78, 5) is 40.8. The fourth-order valence-corrected chi connectivity index (χ4v) is 4.87. The van der Waals surface area contributed by atoms with Crippen molar-refractivity contribution >= 4 is 29.3 Å². The van der Waals surface area contributed by atoms with Gasteiger partial charge in [0.15, 0.2) is 11.5 Å². The zero-order chi connectivity index (χ0) is 30.5. The van der Waals surface area contributed by atoms with Crippen LogP contribution >= 0.6 is 12.4 Å². The Hall–Kier alpha value is -5.16. The standard InChI is InChI=1S/C32H30N4O7.ClH/c1-19-14-20(11-13-33-19)17-36-29(32(38)42-5)27(21-15-24(39-2)30(41-4)25(16-21)40-3)23-9-10-26(35-28(23)31(36)37)43-18-22-8-6-7-12-34-22;/h6-16H,17-18H2,1-5H3;1H. The minimum Gasteiger partial charge on any atom is -0.493 e. The van der Waals surface area contributed by atoms with E-state index in [0.29, 0.717) is 39.5 Å². The third-order valence-corrected chi connectivity index (χ3v) is 6.82. The average molecular weight is 619 g/mol.